The zero-order valence-corrected chi connectivity index (χ0v) is 13.4. The maximum Gasteiger partial charge on any atom is 0.139 e. The van der Waals surface area contributed by atoms with Gasteiger partial charge in [-0.25, -0.2) is 4.39 Å². The van der Waals surface area contributed by atoms with Gasteiger partial charge in [0.1, 0.15) is 23.4 Å². The summed E-state index contributed by atoms with van der Waals surface area (Å²) in [5, 5.41) is 0. The lowest BCUT2D eigenvalue weighted by Gasteiger charge is -2.23. The van der Waals surface area contributed by atoms with Crippen molar-refractivity contribution in [1.82, 2.24) is 0 Å². The van der Waals surface area contributed by atoms with Gasteiger partial charge < -0.3 is 15.2 Å². The van der Waals surface area contributed by atoms with Crippen LogP contribution in [0.3, 0.4) is 0 Å². The molecule has 0 heterocycles. The average Bonchev–Trinajstić information content (AvgIpc) is 2.46. The second-order valence-electron chi connectivity index (χ2n) is 4.75. The maximum absolute atomic E-state index is 13.0. The first-order valence-electron chi connectivity index (χ1n) is 6.52. The molecule has 0 spiro atoms. The van der Waals surface area contributed by atoms with Gasteiger partial charge in [0.25, 0.3) is 0 Å². The molecule has 0 saturated heterocycles. The lowest BCUT2D eigenvalue weighted by molar-refractivity contribution is 0.179. The minimum atomic E-state index is -0.365. The van der Waals surface area contributed by atoms with Crippen LogP contribution in [0.15, 0.2) is 46.9 Å². The highest BCUT2D eigenvalue weighted by Gasteiger charge is 2.19. The molecule has 0 aliphatic heterocycles. The summed E-state index contributed by atoms with van der Waals surface area (Å²) < 4.78 is 24.9. The second-order valence-corrected chi connectivity index (χ2v) is 5.60. The molecule has 0 bridgehead atoms. The SMILES string of the molecule is COc1ccc(OC(c2ccc(F)cc2)C(C)N)c(Br)c1. The summed E-state index contributed by atoms with van der Waals surface area (Å²) in [6.07, 6.45) is -0.365. The summed E-state index contributed by atoms with van der Waals surface area (Å²) in [6.45, 7) is 1.85. The summed E-state index contributed by atoms with van der Waals surface area (Å²) in [4.78, 5) is 0. The maximum atomic E-state index is 13.0. The van der Waals surface area contributed by atoms with Crippen molar-refractivity contribution in [2.75, 3.05) is 7.11 Å². The largest absolute Gasteiger partial charge is 0.497 e. The Balaban J connectivity index is 2.26. The molecule has 112 valence electrons. The van der Waals surface area contributed by atoms with Crippen molar-refractivity contribution in [2.45, 2.75) is 19.1 Å². The summed E-state index contributed by atoms with van der Waals surface area (Å²) >= 11 is 3.44. The summed E-state index contributed by atoms with van der Waals surface area (Å²) in [5.41, 5.74) is 6.83. The lowest BCUT2D eigenvalue weighted by Crippen LogP contribution is -2.29. The molecule has 2 aromatic carbocycles. The monoisotopic (exact) mass is 353 g/mol. The molecule has 2 rings (SSSR count). The van der Waals surface area contributed by atoms with Crippen LogP contribution in [0.2, 0.25) is 0 Å². The van der Waals surface area contributed by atoms with Crippen molar-refractivity contribution in [2.24, 2.45) is 5.73 Å². The molecule has 2 aromatic rings. The smallest absolute Gasteiger partial charge is 0.139 e. The predicted octanol–water partition coefficient (Wildman–Crippen LogP) is 4.06. The van der Waals surface area contributed by atoms with Crippen molar-refractivity contribution < 1.29 is 13.9 Å². The van der Waals surface area contributed by atoms with Crippen molar-refractivity contribution in [3.05, 3.63) is 58.3 Å². The first kappa shape index (κ1) is 15.8. The molecule has 0 saturated carbocycles. The summed E-state index contributed by atoms with van der Waals surface area (Å²) in [6, 6.07) is 11.4. The molecule has 0 aliphatic carbocycles. The van der Waals surface area contributed by atoms with E-state index in [1.54, 1.807) is 19.2 Å². The van der Waals surface area contributed by atoms with Crippen LogP contribution < -0.4 is 15.2 Å². The fourth-order valence-corrected chi connectivity index (χ4v) is 2.42. The zero-order valence-electron chi connectivity index (χ0n) is 11.8. The van der Waals surface area contributed by atoms with E-state index >= 15 is 0 Å². The van der Waals surface area contributed by atoms with Crippen LogP contribution in [-0.4, -0.2) is 13.2 Å². The third-order valence-corrected chi connectivity index (χ3v) is 3.69. The van der Waals surface area contributed by atoms with Crippen molar-refractivity contribution in [1.29, 1.82) is 0 Å². The van der Waals surface area contributed by atoms with Crippen molar-refractivity contribution in [3.63, 3.8) is 0 Å². The quantitative estimate of drug-likeness (QED) is 0.881. The van der Waals surface area contributed by atoms with Crippen LogP contribution in [0, 0.1) is 5.82 Å². The van der Waals surface area contributed by atoms with E-state index < -0.39 is 0 Å². The fraction of sp³-hybridized carbons (Fsp3) is 0.250. The topological polar surface area (TPSA) is 44.5 Å². The highest BCUT2D eigenvalue weighted by atomic mass is 79.9. The van der Waals surface area contributed by atoms with E-state index in [2.05, 4.69) is 15.9 Å². The Kier molecular flexibility index (Phi) is 5.20. The number of halogens is 2. The van der Waals surface area contributed by atoms with Crippen LogP contribution >= 0.6 is 15.9 Å². The molecule has 0 fully saturated rings. The van der Waals surface area contributed by atoms with Gasteiger partial charge in [-0.05, 0) is 58.7 Å². The van der Waals surface area contributed by atoms with Gasteiger partial charge in [-0.2, -0.15) is 0 Å². The number of rotatable bonds is 5. The Morgan fingerprint density at radius 1 is 1.14 bits per heavy atom. The van der Waals surface area contributed by atoms with E-state index in [4.69, 9.17) is 15.2 Å². The third kappa shape index (κ3) is 3.95. The molecule has 5 heteroatoms. The normalized spacial score (nSPS) is 13.6. The van der Waals surface area contributed by atoms with E-state index in [0.29, 0.717) is 5.75 Å². The minimum absolute atomic E-state index is 0.246. The molecule has 0 aromatic heterocycles. The number of ether oxygens (including phenoxy) is 2. The van der Waals surface area contributed by atoms with Crippen LogP contribution in [0.4, 0.5) is 4.39 Å². The number of benzene rings is 2. The predicted molar refractivity (Wildman–Crippen MR) is 84.1 cm³/mol. The van der Waals surface area contributed by atoms with Crippen LogP contribution in [0.1, 0.15) is 18.6 Å². The zero-order chi connectivity index (χ0) is 15.4. The molecule has 2 N–H and O–H groups in total. The van der Waals surface area contributed by atoms with E-state index in [1.807, 2.05) is 25.1 Å². The third-order valence-electron chi connectivity index (χ3n) is 3.07. The molecular formula is C16H17BrFNO2. The molecule has 0 amide bonds. The van der Waals surface area contributed by atoms with Crippen molar-refractivity contribution in [3.8, 4) is 11.5 Å². The van der Waals surface area contributed by atoms with Gasteiger partial charge in [0.05, 0.1) is 11.6 Å². The van der Waals surface area contributed by atoms with Gasteiger partial charge in [-0.3, -0.25) is 0 Å². The van der Waals surface area contributed by atoms with E-state index in [0.717, 1.165) is 15.8 Å². The Bertz CT molecular complexity index is 602. The van der Waals surface area contributed by atoms with Gasteiger partial charge in [0, 0.05) is 6.04 Å². The fourth-order valence-electron chi connectivity index (χ4n) is 1.97. The summed E-state index contributed by atoms with van der Waals surface area (Å²) in [5.74, 6) is 1.10. The summed E-state index contributed by atoms with van der Waals surface area (Å²) in [7, 11) is 1.60. The van der Waals surface area contributed by atoms with Gasteiger partial charge in [0.15, 0.2) is 0 Å². The van der Waals surface area contributed by atoms with E-state index in [-0.39, 0.29) is 18.0 Å². The van der Waals surface area contributed by atoms with Crippen LogP contribution in [-0.2, 0) is 0 Å². The minimum Gasteiger partial charge on any atom is -0.497 e. The Hall–Kier alpha value is -1.59. The van der Waals surface area contributed by atoms with Crippen LogP contribution in [0.5, 0.6) is 11.5 Å². The lowest BCUT2D eigenvalue weighted by atomic mass is 10.0. The Morgan fingerprint density at radius 2 is 1.81 bits per heavy atom. The van der Waals surface area contributed by atoms with Gasteiger partial charge >= 0.3 is 0 Å². The standard InChI is InChI=1S/C16H17BrFNO2/c1-10(19)16(11-3-5-12(18)6-4-11)21-15-8-7-13(20-2)9-14(15)17/h3-10,16H,19H2,1-2H3. The molecule has 0 radical (unpaired) electrons. The number of hydrogen-bond donors (Lipinski definition) is 1. The average molecular weight is 354 g/mol. The van der Waals surface area contributed by atoms with Crippen molar-refractivity contribution >= 4 is 15.9 Å². The molecular weight excluding hydrogens is 337 g/mol. The molecule has 3 nitrogen and oxygen atoms in total. The molecule has 21 heavy (non-hydrogen) atoms. The van der Waals surface area contributed by atoms with E-state index in [9.17, 15) is 4.39 Å². The molecule has 0 aliphatic rings. The molecule has 2 unspecified atom stereocenters. The number of nitrogens with two attached hydrogens (primary N) is 1. The highest BCUT2D eigenvalue weighted by Crippen LogP contribution is 2.33. The van der Waals surface area contributed by atoms with Gasteiger partial charge in [-0.1, -0.05) is 12.1 Å². The highest BCUT2D eigenvalue weighted by molar-refractivity contribution is 9.10. The second kappa shape index (κ2) is 6.91. The Morgan fingerprint density at radius 3 is 2.33 bits per heavy atom. The Labute approximate surface area is 132 Å². The van der Waals surface area contributed by atoms with Gasteiger partial charge in [-0.15, -0.1) is 0 Å². The first-order valence-corrected chi connectivity index (χ1v) is 7.32. The van der Waals surface area contributed by atoms with E-state index in [1.165, 1.54) is 12.1 Å². The number of hydrogen-bond acceptors (Lipinski definition) is 3. The molecule has 2 atom stereocenters. The number of methoxy groups -OCH3 is 1. The van der Waals surface area contributed by atoms with Crippen LogP contribution in [0.25, 0.3) is 0 Å². The first-order chi connectivity index (χ1) is 10.0. The van der Waals surface area contributed by atoms with Gasteiger partial charge in [0.2, 0.25) is 0 Å².